The predicted molar refractivity (Wildman–Crippen MR) is 42.0 cm³/mol. The molecule has 0 radical (unpaired) electrons. The predicted octanol–water partition coefficient (Wildman–Crippen LogP) is 1.49. The lowest BCUT2D eigenvalue weighted by Crippen LogP contribution is -2.04. The summed E-state index contributed by atoms with van der Waals surface area (Å²) in [5.74, 6) is -0.319. The fourth-order valence-electron chi connectivity index (χ4n) is 0.591. The summed E-state index contributed by atoms with van der Waals surface area (Å²) in [4.78, 5) is 10.9. The summed E-state index contributed by atoms with van der Waals surface area (Å²) in [7, 11) is 1.36. The highest BCUT2D eigenvalue weighted by Crippen LogP contribution is 2.02. The molecule has 0 saturated carbocycles. The van der Waals surface area contributed by atoms with Crippen LogP contribution in [0.4, 0.5) is 0 Å². The van der Waals surface area contributed by atoms with E-state index in [9.17, 15) is 4.79 Å². The van der Waals surface area contributed by atoms with Gasteiger partial charge in [0.2, 0.25) is 0 Å². The zero-order chi connectivity index (χ0) is 8.69. The van der Waals surface area contributed by atoms with Crippen LogP contribution in [-0.4, -0.2) is 19.7 Å². The van der Waals surface area contributed by atoms with Gasteiger partial charge in [0.1, 0.15) is 0 Å². The lowest BCUT2D eigenvalue weighted by Gasteiger charge is -2.01. The van der Waals surface area contributed by atoms with Crippen LogP contribution in [0.15, 0.2) is 11.8 Å². The topological polar surface area (TPSA) is 35.5 Å². The molecular weight excluding hydrogens is 144 g/mol. The SMILES string of the molecule is CCOC=C(CC)C(=O)OC. The van der Waals surface area contributed by atoms with Crippen molar-refractivity contribution in [3.05, 3.63) is 11.8 Å². The normalized spacial score (nSPS) is 11.0. The maximum absolute atomic E-state index is 10.9. The Kier molecular flexibility index (Phi) is 5.25. The van der Waals surface area contributed by atoms with Crippen molar-refractivity contribution in [1.82, 2.24) is 0 Å². The van der Waals surface area contributed by atoms with Crippen LogP contribution >= 0.6 is 0 Å². The number of hydrogen-bond acceptors (Lipinski definition) is 3. The first-order valence-corrected chi connectivity index (χ1v) is 3.65. The van der Waals surface area contributed by atoms with Crippen LogP contribution in [0.1, 0.15) is 20.3 Å². The third kappa shape index (κ3) is 3.65. The maximum atomic E-state index is 10.9. The van der Waals surface area contributed by atoms with Crippen molar-refractivity contribution < 1.29 is 14.3 Å². The van der Waals surface area contributed by atoms with Gasteiger partial charge in [0, 0.05) is 0 Å². The standard InChI is InChI=1S/C8H14O3/c1-4-7(6-11-5-2)8(9)10-3/h6H,4-5H2,1-3H3. The molecule has 0 fully saturated rings. The van der Waals surface area contributed by atoms with Crippen molar-refractivity contribution >= 4 is 5.97 Å². The third-order valence-corrected chi connectivity index (χ3v) is 1.22. The lowest BCUT2D eigenvalue weighted by molar-refractivity contribution is -0.136. The molecule has 0 amide bonds. The fraction of sp³-hybridized carbons (Fsp3) is 0.625. The molecule has 0 rings (SSSR count). The minimum Gasteiger partial charge on any atom is -0.501 e. The first kappa shape index (κ1) is 10.0. The summed E-state index contributed by atoms with van der Waals surface area (Å²) in [6.45, 7) is 4.31. The third-order valence-electron chi connectivity index (χ3n) is 1.22. The van der Waals surface area contributed by atoms with E-state index in [4.69, 9.17) is 4.74 Å². The largest absolute Gasteiger partial charge is 0.501 e. The van der Waals surface area contributed by atoms with Crippen molar-refractivity contribution in [3.8, 4) is 0 Å². The van der Waals surface area contributed by atoms with Gasteiger partial charge in [0.15, 0.2) is 0 Å². The summed E-state index contributed by atoms with van der Waals surface area (Å²) < 4.78 is 9.46. The highest BCUT2D eigenvalue weighted by Gasteiger charge is 2.05. The van der Waals surface area contributed by atoms with Gasteiger partial charge in [-0.3, -0.25) is 0 Å². The minimum absolute atomic E-state index is 0.319. The molecule has 0 spiro atoms. The zero-order valence-electron chi connectivity index (χ0n) is 7.22. The molecule has 0 N–H and O–H groups in total. The molecule has 0 aliphatic carbocycles. The average Bonchev–Trinajstić information content (AvgIpc) is 2.05. The van der Waals surface area contributed by atoms with Gasteiger partial charge in [-0.05, 0) is 13.3 Å². The Bertz CT molecular complexity index is 149. The van der Waals surface area contributed by atoms with Crippen LogP contribution in [0.2, 0.25) is 0 Å². The van der Waals surface area contributed by atoms with Gasteiger partial charge in [-0.1, -0.05) is 6.92 Å². The zero-order valence-corrected chi connectivity index (χ0v) is 7.22. The van der Waals surface area contributed by atoms with Crippen molar-refractivity contribution in [1.29, 1.82) is 0 Å². The summed E-state index contributed by atoms with van der Waals surface area (Å²) >= 11 is 0. The highest BCUT2D eigenvalue weighted by atomic mass is 16.5. The smallest absolute Gasteiger partial charge is 0.336 e. The van der Waals surface area contributed by atoms with Crippen LogP contribution in [0.25, 0.3) is 0 Å². The van der Waals surface area contributed by atoms with Gasteiger partial charge >= 0.3 is 5.97 Å². The highest BCUT2D eigenvalue weighted by molar-refractivity contribution is 5.87. The molecule has 3 nitrogen and oxygen atoms in total. The maximum Gasteiger partial charge on any atom is 0.336 e. The first-order chi connectivity index (χ1) is 5.26. The van der Waals surface area contributed by atoms with Crippen molar-refractivity contribution in [3.63, 3.8) is 0 Å². The minimum atomic E-state index is -0.319. The van der Waals surface area contributed by atoms with Crippen molar-refractivity contribution in [2.45, 2.75) is 20.3 Å². The second-order valence-corrected chi connectivity index (χ2v) is 1.94. The van der Waals surface area contributed by atoms with E-state index in [1.54, 1.807) is 0 Å². The lowest BCUT2D eigenvalue weighted by atomic mass is 10.2. The van der Waals surface area contributed by atoms with Crippen LogP contribution in [0.5, 0.6) is 0 Å². The second-order valence-electron chi connectivity index (χ2n) is 1.94. The number of methoxy groups -OCH3 is 1. The molecule has 0 atom stereocenters. The molecule has 0 aromatic heterocycles. The second kappa shape index (κ2) is 5.77. The van der Waals surface area contributed by atoms with Gasteiger partial charge < -0.3 is 9.47 Å². The number of carbonyl (C=O) groups excluding carboxylic acids is 1. The summed E-state index contributed by atoms with van der Waals surface area (Å²) in [6.07, 6.45) is 2.08. The van der Waals surface area contributed by atoms with Crippen LogP contribution in [0.3, 0.4) is 0 Å². The van der Waals surface area contributed by atoms with E-state index in [2.05, 4.69) is 4.74 Å². The molecule has 64 valence electrons. The van der Waals surface area contributed by atoms with E-state index in [1.807, 2.05) is 13.8 Å². The van der Waals surface area contributed by atoms with Gasteiger partial charge in [-0.15, -0.1) is 0 Å². The number of rotatable bonds is 4. The molecule has 0 aromatic rings. The molecule has 0 unspecified atom stereocenters. The Morgan fingerprint density at radius 2 is 2.09 bits per heavy atom. The van der Waals surface area contributed by atoms with Gasteiger partial charge in [-0.2, -0.15) is 0 Å². The number of ether oxygens (including phenoxy) is 2. The molecule has 0 saturated heterocycles. The fourth-order valence-corrected chi connectivity index (χ4v) is 0.591. The Labute approximate surface area is 67.0 Å². The van der Waals surface area contributed by atoms with Crippen LogP contribution < -0.4 is 0 Å². The average molecular weight is 158 g/mol. The van der Waals surface area contributed by atoms with Crippen molar-refractivity contribution in [2.75, 3.05) is 13.7 Å². The molecule has 0 aliphatic rings. The molecule has 3 heteroatoms. The number of hydrogen-bond donors (Lipinski definition) is 0. The Balaban J connectivity index is 4.03. The van der Waals surface area contributed by atoms with E-state index in [0.717, 1.165) is 0 Å². The van der Waals surface area contributed by atoms with E-state index >= 15 is 0 Å². The summed E-state index contributed by atoms with van der Waals surface area (Å²) in [5.41, 5.74) is 0.564. The van der Waals surface area contributed by atoms with Crippen LogP contribution in [0, 0.1) is 0 Å². The van der Waals surface area contributed by atoms with Gasteiger partial charge in [0.25, 0.3) is 0 Å². The Morgan fingerprint density at radius 1 is 1.45 bits per heavy atom. The monoisotopic (exact) mass is 158 g/mol. The van der Waals surface area contributed by atoms with Crippen LogP contribution in [-0.2, 0) is 14.3 Å². The first-order valence-electron chi connectivity index (χ1n) is 3.65. The molecule has 0 bridgehead atoms. The summed E-state index contributed by atoms with van der Waals surface area (Å²) in [6, 6.07) is 0. The van der Waals surface area contributed by atoms with Crippen molar-refractivity contribution in [2.24, 2.45) is 0 Å². The molecule has 0 aromatic carbocycles. The Morgan fingerprint density at radius 3 is 2.45 bits per heavy atom. The molecule has 11 heavy (non-hydrogen) atoms. The van der Waals surface area contributed by atoms with E-state index in [-0.39, 0.29) is 5.97 Å². The number of esters is 1. The molecule has 0 aliphatic heterocycles. The van der Waals surface area contributed by atoms with E-state index in [0.29, 0.717) is 18.6 Å². The molecular formula is C8H14O3. The van der Waals surface area contributed by atoms with E-state index in [1.165, 1.54) is 13.4 Å². The number of carbonyl (C=O) groups is 1. The van der Waals surface area contributed by atoms with E-state index < -0.39 is 0 Å². The van der Waals surface area contributed by atoms with Gasteiger partial charge in [0.05, 0.1) is 25.6 Å². The molecule has 0 heterocycles. The Hall–Kier alpha value is -0.990. The summed E-state index contributed by atoms with van der Waals surface area (Å²) in [5, 5.41) is 0. The quantitative estimate of drug-likeness (QED) is 0.353. The van der Waals surface area contributed by atoms with Gasteiger partial charge in [-0.25, -0.2) is 4.79 Å².